The minimum Gasteiger partial charge on any atom is -0.383 e. The van der Waals surface area contributed by atoms with Crippen LogP contribution in [0.25, 0.3) is 10.8 Å². The van der Waals surface area contributed by atoms with Crippen LogP contribution in [0.2, 0.25) is 0 Å². The molecule has 0 aromatic heterocycles. The van der Waals surface area contributed by atoms with Crippen molar-refractivity contribution < 1.29 is 0 Å². The van der Waals surface area contributed by atoms with Crippen molar-refractivity contribution >= 4 is 16.5 Å². The highest BCUT2D eigenvalue weighted by atomic mass is 14.9. The molecule has 0 fully saturated rings. The lowest BCUT2D eigenvalue weighted by atomic mass is 10.1. The van der Waals surface area contributed by atoms with Crippen LogP contribution in [0.1, 0.15) is 18.9 Å². The normalized spacial score (nSPS) is 12.2. The van der Waals surface area contributed by atoms with E-state index in [1.165, 1.54) is 22.0 Å². The predicted molar refractivity (Wildman–Crippen MR) is 91.8 cm³/mol. The van der Waals surface area contributed by atoms with Gasteiger partial charge in [-0.3, -0.25) is 0 Å². The van der Waals surface area contributed by atoms with Gasteiger partial charge in [0.15, 0.2) is 0 Å². The second kappa shape index (κ2) is 6.45. The van der Waals surface area contributed by atoms with Crippen molar-refractivity contribution in [3.8, 4) is 0 Å². The molecule has 0 aliphatic carbocycles. The highest BCUT2D eigenvalue weighted by molar-refractivity contribution is 5.85. The molecule has 1 N–H and O–H groups in total. The molecule has 0 aliphatic rings. The second-order valence-electron chi connectivity index (χ2n) is 5.63. The van der Waals surface area contributed by atoms with Crippen LogP contribution in [0.3, 0.4) is 0 Å². The molecule has 1 nitrogen and oxygen atoms in total. The van der Waals surface area contributed by atoms with Gasteiger partial charge in [0, 0.05) is 11.7 Å². The highest BCUT2D eigenvalue weighted by Gasteiger charge is 2.03. The molecule has 1 heteroatoms. The molecule has 3 aromatic carbocycles. The Hall–Kier alpha value is -2.28. The molecule has 0 bridgehead atoms. The van der Waals surface area contributed by atoms with Crippen LogP contribution in [-0.2, 0) is 6.42 Å². The smallest absolute Gasteiger partial charge is 0.0348 e. The van der Waals surface area contributed by atoms with Crippen molar-refractivity contribution in [3.05, 3.63) is 78.4 Å². The van der Waals surface area contributed by atoms with Gasteiger partial charge < -0.3 is 5.32 Å². The van der Waals surface area contributed by atoms with Gasteiger partial charge in [0.25, 0.3) is 0 Å². The lowest BCUT2D eigenvalue weighted by Crippen LogP contribution is -2.15. The molecule has 3 aromatic rings. The third-order valence-corrected chi connectivity index (χ3v) is 3.87. The number of aryl methyl sites for hydroxylation is 1. The minimum atomic E-state index is 0.464. The van der Waals surface area contributed by atoms with Crippen LogP contribution in [0, 0.1) is 0 Å². The topological polar surface area (TPSA) is 12.0 Å². The van der Waals surface area contributed by atoms with Gasteiger partial charge in [-0.2, -0.15) is 0 Å². The molecule has 0 aliphatic heterocycles. The van der Waals surface area contributed by atoms with Crippen LogP contribution in [0.4, 0.5) is 5.69 Å². The van der Waals surface area contributed by atoms with Crippen molar-refractivity contribution in [1.29, 1.82) is 0 Å². The van der Waals surface area contributed by atoms with Gasteiger partial charge in [-0.1, -0.05) is 60.7 Å². The first-order valence-electron chi connectivity index (χ1n) is 7.60. The van der Waals surface area contributed by atoms with Gasteiger partial charge >= 0.3 is 0 Å². The Morgan fingerprint density at radius 1 is 0.810 bits per heavy atom. The average Bonchev–Trinajstić information content (AvgIpc) is 2.54. The largest absolute Gasteiger partial charge is 0.383 e. The Morgan fingerprint density at radius 2 is 1.52 bits per heavy atom. The summed E-state index contributed by atoms with van der Waals surface area (Å²) in [5.74, 6) is 0. The summed E-state index contributed by atoms with van der Waals surface area (Å²) < 4.78 is 0. The number of anilines is 1. The third-order valence-electron chi connectivity index (χ3n) is 3.87. The first kappa shape index (κ1) is 13.7. The Morgan fingerprint density at radius 3 is 2.33 bits per heavy atom. The number of hydrogen-bond donors (Lipinski definition) is 1. The summed E-state index contributed by atoms with van der Waals surface area (Å²) in [7, 11) is 0. The van der Waals surface area contributed by atoms with Gasteiger partial charge in [-0.05, 0) is 48.2 Å². The second-order valence-corrected chi connectivity index (χ2v) is 5.63. The van der Waals surface area contributed by atoms with Crippen molar-refractivity contribution in [2.45, 2.75) is 25.8 Å². The van der Waals surface area contributed by atoms with E-state index in [9.17, 15) is 0 Å². The van der Waals surface area contributed by atoms with Crippen molar-refractivity contribution in [1.82, 2.24) is 0 Å². The molecule has 0 saturated carbocycles. The quantitative estimate of drug-likeness (QED) is 0.668. The molecule has 0 saturated heterocycles. The fourth-order valence-corrected chi connectivity index (χ4v) is 2.66. The molecule has 3 rings (SSSR count). The lowest BCUT2D eigenvalue weighted by Gasteiger charge is -2.15. The van der Waals surface area contributed by atoms with E-state index in [2.05, 4.69) is 85.0 Å². The molecular weight excluding hydrogens is 254 g/mol. The Balaban J connectivity index is 1.62. The fraction of sp³-hybridized carbons (Fsp3) is 0.200. The fourth-order valence-electron chi connectivity index (χ4n) is 2.66. The summed E-state index contributed by atoms with van der Waals surface area (Å²) in [4.78, 5) is 0. The SMILES string of the molecule is CC(CCc1ccccc1)Nc1ccc2ccccc2c1. The summed E-state index contributed by atoms with van der Waals surface area (Å²) in [5.41, 5.74) is 2.61. The van der Waals surface area contributed by atoms with E-state index < -0.39 is 0 Å². The van der Waals surface area contributed by atoms with E-state index in [4.69, 9.17) is 0 Å². The Labute approximate surface area is 126 Å². The highest BCUT2D eigenvalue weighted by Crippen LogP contribution is 2.20. The lowest BCUT2D eigenvalue weighted by molar-refractivity contribution is 0.706. The maximum atomic E-state index is 3.60. The van der Waals surface area contributed by atoms with Crippen LogP contribution in [-0.4, -0.2) is 6.04 Å². The van der Waals surface area contributed by atoms with E-state index >= 15 is 0 Å². The summed E-state index contributed by atoms with van der Waals surface area (Å²) in [6.45, 7) is 2.25. The molecule has 0 heterocycles. The summed E-state index contributed by atoms with van der Waals surface area (Å²) in [6, 6.07) is 26.2. The van der Waals surface area contributed by atoms with Crippen molar-refractivity contribution in [2.24, 2.45) is 0 Å². The number of benzene rings is 3. The van der Waals surface area contributed by atoms with E-state index in [1.807, 2.05) is 0 Å². The zero-order chi connectivity index (χ0) is 14.5. The Kier molecular flexibility index (Phi) is 4.20. The van der Waals surface area contributed by atoms with E-state index in [0.717, 1.165) is 12.8 Å². The van der Waals surface area contributed by atoms with E-state index in [-0.39, 0.29) is 0 Å². The molecular formula is C20H21N. The number of hydrogen-bond acceptors (Lipinski definition) is 1. The zero-order valence-corrected chi connectivity index (χ0v) is 12.4. The number of nitrogens with one attached hydrogen (secondary N) is 1. The number of fused-ring (bicyclic) bond motifs is 1. The van der Waals surface area contributed by atoms with Crippen molar-refractivity contribution in [2.75, 3.05) is 5.32 Å². The van der Waals surface area contributed by atoms with E-state index in [1.54, 1.807) is 0 Å². The van der Waals surface area contributed by atoms with Gasteiger partial charge in [0.1, 0.15) is 0 Å². The number of rotatable bonds is 5. The maximum Gasteiger partial charge on any atom is 0.0348 e. The van der Waals surface area contributed by atoms with Crippen LogP contribution in [0.15, 0.2) is 72.8 Å². The average molecular weight is 275 g/mol. The maximum absolute atomic E-state index is 3.60. The summed E-state index contributed by atoms with van der Waals surface area (Å²) in [6.07, 6.45) is 2.25. The van der Waals surface area contributed by atoms with E-state index in [0.29, 0.717) is 6.04 Å². The molecule has 0 spiro atoms. The first-order valence-corrected chi connectivity index (χ1v) is 7.60. The molecule has 106 valence electrons. The van der Waals surface area contributed by atoms with Gasteiger partial charge in [-0.15, -0.1) is 0 Å². The predicted octanol–water partition coefficient (Wildman–Crippen LogP) is 5.27. The molecule has 21 heavy (non-hydrogen) atoms. The minimum absolute atomic E-state index is 0.464. The monoisotopic (exact) mass is 275 g/mol. The first-order chi connectivity index (χ1) is 10.3. The Bertz CT molecular complexity index is 703. The van der Waals surface area contributed by atoms with Gasteiger partial charge in [-0.25, -0.2) is 0 Å². The standard InChI is InChI=1S/C20H21N/c1-16(11-12-17-7-3-2-4-8-17)21-20-14-13-18-9-5-6-10-19(18)15-20/h2-10,13-16,21H,11-12H2,1H3. The van der Waals surface area contributed by atoms with Crippen LogP contribution >= 0.6 is 0 Å². The molecule has 1 unspecified atom stereocenters. The van der Waals surface area contributed by atoms with Crippen LogP contribution < -0.4 is 5.32 Å². The third kappa shape index (κ3) is 3.63. The van der Waals surface area contributed by atoms with Crippen molar-refractivity contribution in [3.63, 3.8) is 0 Å². The molecule has 1 atom stereocenters. The van der Waals surface area contributed by atoms with Gasteiger partial charge in [0.05, 0.1) is 0 Å². The van der Waals surface area contributed by atoms with Crippen LogP contribution in [0.5, 0.6) is 0 Å². The molecule has 0 radical (unpaired) electrons. The zero-order valence-electron chi connectivity index (χ0n) is 12.4. The summed E-state index contributed by atoms with van der Waals surface area (Å²) >= 11 is 0. The van der Waals surface area contributed by atoms with Gasteiger partial charge in [0.2, 0.25) is 0 Å². The summed E-state index contributed by atoms with van der Waals surface area (Å²) in [5, 5.41) is 6.19. The molecule has 0 amide bonds.